The lowest BCUT2D eigenvalue weighted by molar-refractivity contribution is 0.101. The summed E-state index contributed by atoms with van der Waals surface area (Å²) >= 11 is 0. The summed E-state index contributed by atoms with van der Waals surface area (Å²) in [5, 5.41) is 7.55. The molecule has 0 aliphatic carbocycles. The normalized spacial score (nSPS) is 10.5. The number of hydrogen-bond acceptors (Lipinski definition) is 6. The zero-order valence-electron chi connectivity index (χ0n) is 16.9. The largest absolute Gasteiger partial charge is 0.493 e. The van der Waals surface area contributed by atoms with Gasteiger partial charge in [0.25, 0.3) is 5.56 Å². The number of anilines is 2. The van der Waals surface area contributed by atoms with Gasteiger partial charge >= 0.3 is 0 Å². The molecular weight excluding hydrogens is 370 g/mol. The number of aromatic nitrogens is 2. The lowest BCUT2D eigenvalue weighted by Crippen LogP contribution is -2.28. The molecule has 7 nitrogen and oxygen atoms in total. The molecule has 7 heteroatoms. The molecule has 0 unspecified atom stereocenters. The van der Waals surface area contributed by atoms with E-state index in [1.54, 1.807) is 25.3 Å². The molecule has 0 saturated heterocycles. The first kappa shape index (κ1) is 20.1. The van der Waals surface area contributed by atoms with Gasteiger partial charge in [0.05, 0.1) is 19.8 Å². The molecule has 0 saturated carbocycles. The lowest BCUT2D eigenvalue weighted by atomic mass is 10.0. The second-order valence-electron chi connectivity index (χ2n) is 6.34. The summed E-state index contributed by atoms with van der Waals surface area (Å²) in [6, 6.07) is 14.5. The van der Waals surface area contributed by atoms with E-state index in [-0.39, 0.29) is 22.6 Å². The first-order chi connectivity index (χ1) is 14.0. The molecule has 1 heterocycles. The molecule has 0 bridgehead atoms. The van der Waals surface area contributed by atoms with Crippen molar-refractivity contribution in [2.24, 2.45) is 0 Å². The number of ketones is 1. The van der Waals surface area contributed by atoms with Crippen LogP contribution in [0.4, 0.5) is 11.4 Å². The SMILES string of the molecule is CCn1nc(-c2ccccc2)c(C(C)=O)c(Nc2ccc(OC)c(OC)c2)c1=O. The summed E-state index contributed by atoms with van der Waals surface area (Å²) < 4.78 is 11.9. The maximum atomic E-state index is 13.0. The minimum atomic E-state index is -0.368. The first-order valence-electron chi connectivity index (χ1n) is 9.20. The number of carbonyl (C=O) groups is 1. The van der Waals surface area contributed by atoms with Crippen molar-refractivity contribution in [2.75, 3.05) is 19.5 Å². The van der Waals surface area contributed by atoms with Crippen LogP contribution in [-0.2, 0) is 6.54 Å². The molecule has 29 heavy (non-hydrogen) atoms. The molecule has 3 rings (SSSR count). The molecule has 2 aromatic carbocycles. The van der Waals surface area contributed by atoms with Crippen molar-refractivity contribution in [1.29, 1.82) is 0 Å². The Hall–Kier alpha value is -3.61. The number of benzene rings is 2. The fourth-order valence-electron chi connectivity index (χ4n) is 3.10. The van der Waals surface area contributed by atoms with Crippen molar-refractivity contribution in [3.05, 3.63) is 64.4 Å². The lowest BCUT2D eigenvalue weighted by Gasteiger charge is -2.17. The van der Waals surface area contributed by atoms with Gasteiger partial charge in [-0.1, -0.05) is 30.3 Å². The third-order valence-electron chi connectivity index (χ3n) is 4.51. The molecule has 0 spiro atoms. The Balaban J connectivity index is 2.22. The standard InChI is InChI=1S/C22H23N3O4/c1-5-25-22(27)21(23-16-11-12-17(28-3)18(13-16)29-4)19(14(2)26)20(24-25)15-9-7-6-8-10-15/h6-13,23H,5H2,1-4H3. The van der Waals surface area contributed by atoms with E-state index >= 15 is 0 Å². The van der Waals surface area contributed by atoms with Crippen LogP contribution in [0.3, 0.4) is 0 Å². The predicted octanol–water partition coefficient (Wildman–Crippen LogP) is 3.89. The van der Waals surface area contributed by atoms with Crippen LogP contribution in [0.1, 0.15) is 24.2 Å². The molecule has 1 N–H and O–H groups in total. The number of aryl methyl sites for hydroxylation is 1. The Bertz CT molecular complexity index is 1090. The van der Waals surface area contributed by atoms with E-state index in [1.807, 2.05) is 37.3 Å². The van der Waals surface area contributed by atoms with Crippen molar-refractivity contribution >= 4 is 17.2 Å². The molecule has 1 aromatic heterocycles. The Morgan fingerprint density at radius 1 is 1.07 bits per heavy atom. The number of nitrogens with one attached hydrogen (secondary N) is 1. The third kappa shape index (κ3) is 3.99. The highest BCUT2D eigenvalue weighted by Gasteiger charge is 2.22. The smallest absolute Gasteiger partial charge is 0.291 e. The monoisotopic (exact) mass is 393 g/mol. The zero-order chi connectivity index (χ0) is 21.0. The Morgan fingerprint density at radius 2 is 1.76 bits per heavy atom. The van der Waals surface area contributed by atoms with E-state index in [2.05, 4.69) is 10.4 Å². The van der Waals surface area contributed by atoms with Crippen LogP contribution >= 0.6 is 0 Å². The van der Waals surface area contributed by atoms with Crippen LogP contribution in [0.15, 0.2) is 53.3 Å². The number of Topliss-reactive ketones (excluding diaryl/α,β-unsaturated/α-hetero) is 1. The van der Waals surface area contributed by atoms with E-state index in [9.17, 15) is 9.59 Å². The van der Waals surface area contributed by atoms with Gasteiger partial charge in [0, 0.05) is 23.9 Å². The zero-order valence-corrected chi connectivity index (χ0v) is 16.9. The quantitative estimate of drug-likeness (QED) is 0.613. The molecule has 0 radical (unpaired) electrons. The summed E-state index contributed by atoms with van der Waals surface area (Å²) in [5.74, 6) is 0.824. The van der Waals surface area contributed by atoms with Crippen LogP contribution in [0.5, 0.6) is 11.5 Å². The van der Waals surface area contributed by atoms with Crippen LogP contribution in [0.2, 0.25) is 0 Å². The maximum absolute atomic E-state index is 13.0. The summed E-state index contributed by atoms with van der Waals surface area (Å²) in [7, 11) is 3.08. The molecule has 0 fully saturated rings. The summed E-state index contributed by atoms with van der Waals surface area (Å²) in [6.07, 6.45) is 0. The van der Waals surface area contributed by atoms with Gasteiger partial charge in [0.2, 0.25) is 0 Å². The van der Waals surface area contributed by atoms with Gasteiger partial charge in [-0.15, -0.1) is 0 Å². The highest BCUT2D eigenvalue weighted by molar-refractivity contribution is 6.05. The molecule has 0 aliphatic heterocycles. The van der Waals surface area contributed by atoms with E-state index in [1.165, 1.54) is 18.7 Å². The predicted molar refractivity (Wildman–Crippen MR) is 112 cm³/mol. The minimum absolute atomic E-state index is 0.181. The van der Waals surface area contributed by atoms with Crippen LogP contribution < -0.4 is 20.3 Å². The maximum Gasteiger partial charge on any atom is 0.291 e. The number of rotatable bonds is 7. The van der Waals surface area contributed by atoms with Gasteiger partial charge in [-0.25, -0.2) is 4.68 Å². The van der Waals surface area contributed by atoms with Crippen LogP contribution in [-0.4, -0.2) is 29.8 Å². The fraction of sp³-hybridized carbons (Fsp3) is 0.227. The second-order valence-corrected chi connectivity index (χ2v) is 6.34. The Morgan fingerprint density at radius 3 is 2.34 bits per heavy atom. The highest BCUT2D eigenvalue weighted by atomic mass is 16.5. The number of hydrogen-bond donors (Lipinski definition) is 1. The van der Waals surface area contributed by atoms with Crippen molar-refractivity contribution in [1.82, 2.24) is 9.78 Å². The third-order valence-corrected chi connectivity index (χ3v) is 4.51. The van der Waals surface area contributed by atoms with Gasteiger partial charge in [-0.2, -0.15) is 5.10 Å². The van der Waals surface area contributed by atoms with Gasteiger partial charge in [-0.3, -0.25) is 9.59 Å². The average Bonchev–Trinajstić information content (AvgIpc) is 2.75. The number of nitrogens with zero attached hydrogens (tertiary/aromatic N) is 2. The van der Waals surface area contributed by atoms with E-state index in [4.69, 9.17) is 9.47 Å². The highest BCUT2D eigenvalue weighted by Crippen LogP contribution is 2.32. The summed E-state index contributed by atoms with van der Waals surface area (Å²) in [6.45, 7) is 3.63. The molecular formula is C22H23N3O4. The van der Waals surface area contributed by atoms with Crippen LogP contribution in [0, 0.1) is 0 Å². The molecule has 3 aromatic rings. The van der Waals surface area contributed by atoms with Gasteiger partial charge < -0.3 is 14.8 Å². The van der Waals surface area contributed by atoms with Gasteiger partial charge in [-0.05, 0) is 26.0 Å². The average molecular weight is 393 g/mol. The van der Waals surface area contributed by atoms with Crippen molar-refractivity contribution in [3.63, 3.8) is 0 Å². The number of methoxy groups -OCH3 is 2. The van der Waals surface area contributed by atoms with Crippen molar-refractivity contribution in [2.45, 2.75) is 20.4 Å². The van der Waals surface area contributed by atoms with Crippen LogP contribution in [0.25, 0.3) is 11.3 Å². The van der Waals surface area contributed by atoms with E-state index < -0.39 is 0 Å². The fourth-order valence-corrected chi connectivity index (χ4v) is 3.10. The summed E-state index contributed by atoms with van der Waals surface area (Å²) in [5.41, 5.74) is 1.88. The van der Waals surface area contributed by atoms with Gasteiger partial charge in [0.15, 0.2) is 17.3 Å². The second kappa shape index (κ2) is 8.60. The van der Waals surface area contributed by atoms with Crippen molar-refractivity contribution < 1.29 is 14.3 Å². The Labute approximate surface area is 168 Å². The summed E-state index contributed by atoms with van der Waals surface area (Å²) in [4.78, 5) is 25.6. The van der Waals surface area contributed by atoms with E-state index in [0.717, 1.165) is 5.56 Å². The number of ether oxygens (including phenoxy) is 2. The van der Waals surface area contributed by atoms with E-state index in [0.29, 0.717) is 29.4 Å². The Kier molecular flexibility index (Phi) is 5.97. The molecule has 150 valence electrons. The van der Waals surface area contributed by atoms with Gasteiger partial charge in [0.1, 0.15) is 11.4 Å². The topological polar surface area (TPSA) is 82.5 Å². The van der Waals surface area contributed by atoms with Crippen molar-refractivity contribution in [3.8, 4) is 22.8 Å². The molecule has 0 aliphatic rings. The minimum Gasteiger partial charge on any atom is -0.493 e. The molecule has 0 atom stereocenters. The molecule has 0 amide bonds. The number of carbonyl (C=O) groups excluding carboxylic acids is 1. The first-order valence-corrected chi connectivity index (χ1v) is 9.20.